The summed E-state index contributed by atoms with van der Waals surface area (Å²) in [5.41, 5.74) is -0.0335. The van der Waals surface area contributed by atoms with E-state index in [1.54, 1.807) is 19.1 Å². The maximum Gasteiger partial charge on any atom is 0.322 e. The van der Waals surface area contributed by atoms with Crippen molar-refractivity contribution in [3.63, 3.8) is 0 Å². The van der Waals surface area contributed by atoms with Gasteiger partial charge >= 0.3 is 6.03 Å². The number of amides is 3. The Hall–Kier alpha value is -3.38. The highest BCUT2D eigenvalue weighted by Crippen LogP contribution is 2.26. The summed E-state index contributed by atoms with van der Waals surface area (Å²) in [6, 6.07) is 13.0. The molecule has 3 amide bonds. The first-order valence-corrected chi connectivity index (χ1v) is 9.00. The second-order valence-electron chi connectivity index (χ2n) is 5.85. The number of rotatable bonds is 4. The van der Waals surface area contributed by atoms with E-state index >= 15 is 0 Å². The first kappa shape index (κ1) is 17.4. The van der Waals surface area contributed by atoms with Crippen molar-refractivity contribution in [2.24, 2.45) is 0 Å². The molecule has 0 radical (unpaired) electrons. The average molecular weight is 370 g/mol. The Morgan fingerprint density at radius 1 is 1.04 bits per heavy atom. The molecule has 0 unspecified atom stereocenters. The van der Waals surface area contributed by atoms with Crippen LogP contribution in [0.2, 0.25) is 0 Å². The second kappa shape index (κ2) is 6.16. The van der Waals surface area contributed by atoms with E-state index in [9.17, 15) is 18.0 Å². The van der Waals surface area contributed by atoms with Gasteiger partial charge in [-0.3, -0.25) is 14.8 Å². The van der Waals surface area contributed by atoms with Gasteiger partial charge in [-0.15, -0.1) is 0 Å². The van der Waals surface area contributed by atoms with Crippen LogP contribution in [0.15, 0.2) is 53.4 Å². The fourth-order valence-electron chi connectivity index (χ4n) is 2.54. The molecule has 0 bridgehead atoms. The number of urea groups is 1. The molecular weight excluding hydrogens is 356 g/mol. The lowest BCUT2D eigenvalue weighted by Crippen LogP contribution is -2.40. The molecule has 0 aromatic heterocycles. The van der Waals surface area contributed by atoms with Crippen molar-refractivity contribution in [1.82, 2.24) is 10.6 Å². The number of carbonyl (C=O) groups is 2. The first-order chi connectivity index (χ1) is 12.2. The minimum Gasteiger partial charge on any atom is -0.320 e. The fraction of sp³-hybridized carbons (Fsp3) is 0.118. The quantitative estimate of drug-likeness (QED) is 0.701. The maximum atomic E-state index is 12.4. The Kier molecular flexibility index (Phi) is 4.13. The van der Waals surface area contributed by atoms with Gasteiger partial charge in [-0.05, 0) is 48.9 Å². The summed E-state index contributed by atoms with van der Waals surface area (Å²) >= 11 is 0. The molecular formula is C17H14N4O4S. The summed E-state index contributed by atoms with van der Waals surface area (Å²) in [7, 11) is -3.81. The summed E-state index contributed by atoms with van der Waals surface area (Å²) in [6.45, 7) is 1.56. The van der Waals surface area contributed by atoms with E-state index in [2.05, 4.69) is 15.4 Å². The van der Waals surface area contributed by atoms with Crippen molar-refractivity contribution in [1.29, 1.82) is 5.26 Å². The summed E-state index contributed by atoms with van der Waals surface area (Å²) in [5, 5.41) is 13.5. The lowest BCUT2D eigenvalue weighted by Gasteiger charge is -2.21. The summed E-state index contributed by atoms with van der Waals surface area (Å²) < 4.78 is 27.2. The largest absolute Gasteiger partial charge is 0.322 e. The first-order valence-electron chi connectivity index (χ1n) is 7.52. The second-order valence-corrected chi connectivity index (χ2v) is 7.53. The zero-order valence-corrected chi connectivity index (χ0v) is 14.4. The molecule has 2 aromatic carbocycles. The van der Waals surface area contributed by atoms with Gasteiger partial charge in [0.25, 0.3) is 15.9 Å². The predicted molar refractivity (Wildman–Crippen MR) is 92.4 cm³/mol. The molecule has 9 heteroatoms. The Morgan fingerprint density at radius 3 is 2.15 bits per heavy atom. The molecule has 0 saturated carbocycles. The molecule has 1 aliphatic rings. The molecule has 1 heterocycles. The van der Waals surface area contributed by atoms with Crippen molar-refractivity contribution in [2.45, 2.75) is 17.4 Å². The van der Waals surface area contributed by atoms with Crippen molar-refractivity contribution in [3.05, 3.63) is 59.7 Å². The third-order valence-electron chi connectivity index (χ3n) is 4.05. The third-order valence-corrected chi connectivity index (χ3v) is 5.45. The highest BCUT2D eigenvalue weighted by atomic mass is 32.2. The van der Waals surface area contributed by atoms with Crippen molar-refractivity contribution in [2.75, 3.05) is 4.72 Å². The van der Waals surface area contributed by atoms with E-state index in [1.165, 1.54) is 36.4 Å². The van der Waals surface area contributed by atoms with Crippen LogP contribution >= 0.6 is 0 Å². The lowest BCUT2D eigenvalue weighted by atomic mass is 9.92. The van der Waals surface area contributed by atoms with Crippen molar-refractivity contribution < 1.29 is 18.0 Å². The van der Waals surface area contributed by atoms with Gasteiger partial charge in [0, 0.05) is 5.69 Å². The zero-order valence-electron chi connectivity index (χ0n) is 13.6. The van der Waals surface area contributed by atoms with Crippen LogP contribution in [0.3, 0.4) is 0 Å². The van der Waals surface area contributed by atoms with Gasteiger partial charge in [-0.1, -0.05) is 12.1 Å². The summed E-state index contributed by atoms with van der Waals surface area (Å²) in [5.74, 6) is -0.478. The van der Waals surface area contributed by atoms with Crippen molar-refractivity contribution in [3.8, 4) is 6.07 Å². The molecule has 8 nitrogen and oxygen atoms in total. The van der Waals surface area contributed by atoms with E-state index in [-0.39, 0.29) is 4.90 Å². The Bertz CT molecular complexity index is 1020. The van der Waals surface area contributed by atoms with Gasteiger partial charge in [0.1, 0.15) is 5.54 Å². The Morgan fingerprint density at radius 2 is 1.65 bits per heavy atom. The standard InChI is InChI=1S/C17H14N4O4S/c1-17(15(22)19-16(23)20-17)12-4-6-13(7-5-12)21-26(24,25)14-8-2-11(10-18)3-9-14/h2-9,21H,1H3,(H2,19,20,22,23)/t17-/m0/s1. The van der Waals surface area contributed by atoms with E-state index < -0.39 is 27.5 Å². The molecule has 1 fully saturated rings. The van der Waals surface area contributed by atoms with E-state index in [0.29, 0.717) is 16.8 Å². The number of nitriles is 1. The monoisotopic (exact) mass is 370 g/mol. The number of nitrogens with one attached hydrogen (secondary N) is 3. The van der Waals surface area contributed by atoms with Gasteiger partial charge in [0.05, 0.1) is 16.5 Å². The van der Waals surface area contributed by atoms with Gasteiger partial charge in [0.15, 0.2) is 0 Å². The van der Waals surface area contributed by atoms with Crippen LogP contribution in [0.5, 0.6) is 0 Å². The smallest absolute Gasteiger partial charge is 0.320 e. The number of hydrogen-bond acceptors (Lipinski definition) is 5. The Balaban J connectivity index is 1.82. The minimum absolute atomic E-state index is 0.0231. The SMILES string of the molecule is C[C@@]1(c2ccc(NS(=O)(=O)c3ccc(C#N)cc3)cc2)NC(=O)NC1=O. The van der Waals surface area contributed by atoms with Gasteiger partial charge in [-0.25, -0.2) is 13.2 Å². The highest BCUT2D eigenvalue weighted by molar-refractivity contribution is 7.92. The van der Waals surface area contributed by atoms with Crippen LogP contribution in [0.1, 0.15) is 18.1 Å². The number of carbonyl (C=O) groups excluding carboxylic acids is 2. The van der Waals surface area contributed by atoms with Crippen LogP contribution in [0.4, 0.5) is 10.5 Å². The molecule has 1 aliphatic heterocycles. The average Bonchev–Trinajstić information content (AvgIpc) is 2.88. The molecule has 2 aromatic rings. The third kappa shape index (κ3) is 3.10. The molecule has 0 aliphatic carbocycles. The molecule has 1 saturated heterocycles. The molecule has 3 rings (SSSR count). The van der Waals surface area contributed by atoms with Crippen LogP contribution in [-0.2, 0) is 20.4 Å². The maximum absolute atomic E-state index is 12.4. The van der Waals surface area contributed by atoms with Crippen molar-refractivity contribution >= 4 is 27.6 Å². The van der Waals surface area contributed by atoms with Gasteiger partial charge in [-0.2, -0.15) is 5.26 Å². The molecule has 26 heavy (non-hydrogen) atoms. The number of benzene rings is 2. The highest BCUT2D eigenvalue weighted by Gasteiger charge is 2.43. The predicted octanol–water partition coefficient (Wildman–Crippen LogP) is 1.41. The van der Waals surface area contributed by atoms with Crippen LogP contribution < -0.4 is 15.4 Å². The summed E-state index contributed by atoms with van der Waals surface area (Å²) in [4.78, 5) is 23.3. The van der Waals surface area contributed by atoms with Crippen LogP contribution in [-0.4, -0.2) is 20.4 Å². The van der Waals surface area contributed by atoms with E-state index in [1.807, 2.05) is 6.07 Å². The molecule has 132 valence electrons. The number of imide groups is 1. The minimum atomic E-state index is -3.81. The number of anilines is 1. The summed E-state index contributed by atoms with van der Waals surface area (Å²) in [6.07, 6.45) is 0. The Labute approximate surface area is 149 Å². The van der Waals surface area contributed by atoms with Gasteiger partial charge in [0.2, 0.25) is 0 Å². The lowest BCUT2D eigenvalue weighted by molar-refractivity contribution is -0.123. The normalized spacial score (nSPS) is 19.4. The fourth-order valence-corrected chi connectivity index (χ4v) is 3.60. The number of hydrogen-bond donors (Lipinski definition) is 3. The molecule has 3 N–H and O–H groups in total. The molecule has 1 atom stereocenters. The number of sulfonamides is 1. The molecule has 0 spiro atoms. The zero-order chi connectivity index (χ0) is 18.9. The number of nitrogens with zero attached hydrogens (tertiary/aromatic N) is 1. The van der Waals surface area contributed by atoms with Crippen LogP contribution in [0, 0.1) is 11.3 Å². The van der Waals surface area contributed by atoms with E-state index in [4.69, 9.17) is 5.26 Å². The van der Waals surface area contributed by atoms with E-state index in [0.717, 1.165) is 0 Å². The van der Waals surface area contributed by atoms with Crippen LogP contribution in [0.25, 0.3) is 0 Å². The topological polar surface area (TPSA) is 128 Å². The van der Waals surface area contributed by atoms with Gasteiger partial charge < -0.3 is 5.32 Å².